The molecule has 1 atom stereocenters. The molecule has 0 aliphatic heterocycles. The molecule has 3 nitrogen and oxygen atoms in total. The van der Waals surface area contributed by atoms with E-state index in [1.54, 1.807) is 14.2 Å². The second-order valence-corrected chi connectivity index (χ2v) is 3.90. The fraction of sp³-hybridized carbons (Fsp3) is 0.538. The SMILES string of the molecule is CCCC(C)Nc1cc(OC)ccc1OC. The molecule has 0 fully saturated rings. The summed E-state index contributed by atoms with van der Waals surface area (Å²) in [6, 6.07) is 6.21. The Hall–Kier alpha value is -1.38. The Labute approximate surface area is 97.8 Å². The average molecular weight is 223 g/mol. The monoisotopic (exact) mass is 223 g/mol. The van der Waals surface area contributed by atoms with Crippen molar-refractivity contribution in [2.45, 2.75) is 32.7 Å². The maximum atomic E-state index is 5.31. The summed E-state index contributed by atoms with van der Waals surface area (Å²) in [6.45, 7) is 4.35. The van der Waals surface area contributed by atoms with Crippen molar-refractivity contribution in [2.24, 2.45) is 0 Å². The molecule has 1 aromatic carbocycles. The molecule has 1 N–H and O–H groups in total. The molecule has 1 unspecified atom stereocenters. The van der Waals surface area contributed by atoms with Crippen LogP contribution in [-0.4, -0.2) is 20.3 Å². The van der Waals surface area contributed by atoms with E-state index in [-0.39, 0.29) is 0 Å². The minimum atomic E-state index is 0.436. The van der Waals surface area contributed by atoms with E-state index in [2.05, 4.69) is 19.2 Å². The molecule has 0 saturated heterocycles. The van der Waals surface area contributed by atoms with Gasteiger partial charge in [0.2, 0.25) is 0 Å². The van der Waals surface area contributed by atoms with Gasteiger partial charge in [-0.15, -0.1) is 0 Å². The van der Waals surface area contributed by atoms with Gasteiger partial charge in [-0.25, -0.2) is 0 Å². The van der Waals surface area contributed by atoms with Crippen LogP contribution in [0.5, 0.6) is 11.5 Å². The van der Waals surface area contributed by atoms with Gasteiger partial charge in [0.25, 0.3) is 0 Å². The van der Waals surface area contributed by atoms with Gasteiger partial charge in [0, 0.05) is 12.1 Å². The third-order valence-corrected chi connectivity index (χ3v) is 2.53. The van der Waals surface area contributed by atoms with E-state index >= 15 is 0 Å². The van der Waals surface area contributed by atoms with Gasteiger partial charge < -0.3 is 14.8 Å². The quantitative estimate of drug-likeness (QED) is 0.802. The average Bonchev–Trinajstić information content (AvgIpc) is 2.29. The number of rotatable bonds is 6. The first-order valence-electron chi connectivity index (χ1n) is 5.69. The lowest BCUT2D eigenvalue weighted by atomic mass is 10.2. The number of hydrogen-bond acceptors (Lipinski definition) is 3. The van der Waals surface area contributed by atoms with Crippen LogP contribution in [0.15, 0.2) is 18.2 Å². The highest BCUT2D eigenvalue weighted by Crippen LogP contribution is 2.29. The van der Waals surface area contributed by atoms with Gasteiger partial charge in [-0.1, -0.05) is 13.3 Å². The normalized spacial score (nSPS) is 12.0. The zero-order chi connectivity index (χ0) is 12.0. The molecule has 0 amide bonds. The molecule has 0 aliphatic carbocycles. The molecule has 3 heteroatoms. The van der Waals surface area contributed by atoms with Gasteiger partial charge in [0.15, 0.2) is 0 Å². The van der Waals surface area contributed by atoms with Crippen LogP contribution in [0.25, 0.3) is 0 Å². The van der Waals surface area contributed by atoms with Crippen LogP contribution >= 0.6 is 0 Å². The summed E-state index contributed by atoms with van der Waals surface area (Å²) < 4.78 is 10.5. The number of ether oxygens (including phenoxy) is 2. The number of methoxy groups -OCH3 is 2. The lowest BCUT2D eigenvalue weighted by Crippen LogP contribution is -2.15. The number of benzene rings is 1. The topological polar surface area (TPSA) is 30.5 Å². The van der Waals surface area contributed by atoms with Crippen LogP contribution in [0, 0.1) is 0 Å². The smallest absolute Gasteiger partial charge is 0.142 e. The standard InChI is InChI=1S/C13H21NO2/c1-5-6-10(2)14-12-9-11(15-3)7-8-13(12)16-4/h7-10,14H,5-6H2,1-4H3. The minimum absolute atomic E-state index is 0.436. The highest BCUT2D eigenvalue weighted by atomic mass is 16.5. The van der Waals surface area contributed by atoms with Crippen LogP contribution in [0.3, 0.4) is 0 Å². The van der Waals surface area contributed by atoms with Crippen molar-refractivity contribution in [2.75, 3.05) is 19.5 Å². The van der Waals surface area contributed by atoms with Gasteiger partial charge in [-0.05, 0) is 25.5 Å². The third-order valence-electron chi connectivity index (χ3n) is 2.53. The maximum absolute atomic E-state index is 5.31. The Bertz CT molecular complexity index is 326. The maximum Gasteiger partial charge on any atom is 0.142 e. The van der Waals surface area contributed by atoms with Gasteiger partial charge in [-0.2, -0.15) is 0 Å². The summed E-state index contributed by atoms with van der Waals surface area (Å²) >= 11 is 0. The van der Waals surface area contributed by atoms with Crippen molar-refractivity contribution in [3.05, 3.63) is 18.2 Å². The molecule has 16 heavy (non-hydrogen) atoms. The molecule has 0 aromatic heterocycles. The van der Waals surface area contributed by atoms with E-state index in [4.69, 9.17) is 9.47 Å². The summed E-state index contributed by atoms with van der Waals surface area (Å²) in [5, 5.41) is 3.43. The molecule has 1 aromatic rings. The van der Waals surface area contributed by atoms with Gasteiger partial charge in [-0.3, -0.25) is 0 Å². The second-order valence-electron chi connectivity index (χ2n) is 3.90. The van der Waals surface area contributed by atoms with Crippen molar-refractivity contribution in [1.82, 2.24) is 0 Å². The summed E-state index contributed by atoms with van der Waals surface area (Å²) in [5.41, 5.74) is 0.989. The molecule has 0 saturated carbocycles. The van der Waals surface area contributed by atoms with E-state index in [9.17, 15) is 0 Å². The highest BCUT2D eigenvalue weighted by molar-refractivity contribution is 5.60. The van der Waals surface area contributed by atoms with E-state index in [0.29, 0.717) is 6.04 Å². The molecular weight excluding hydrogens is 202 g/mol. The Balaban J connectivity index is 2.82. The largest absolute Gasteiger partial charge is 0.497 e. The number of hydrogen-bond donors (Lipinski definition) is 1. The predicted molar refractivity (Wildman–Crippen MR) is 67.5 cm³/mol. The van der Waals surface area contributed by atoms with Crippen molar-refractivity contribution >= 4 is 5.69 Å². The van der Waals surface area contributed by atoms with Gasteiger partial charge >= 0.3 is 0 Å². The first-order valence-corrected chi connectivity index (χ1v) is 5.69. The molecule has 1 rings (SSSR count). The molecule has 0 spiro atoms. The van der Waals surface area contributed by atoms with Crippen molar-refractivity contribution in [3.63, 3.8) is 0 Å². The Morgan fingerprint density at radius 1 is 1.25 bits per heavy atom. The van der Waals surface area contributed by atoms with Crippen LogP contribution in [0.4, 0.5) is 5.69 Å². The second kappa shape index (κ2) is 6.26. The van der Waals surface area contributed by atoms with Crippen LogP contribution in [-0.2, 0) is 0 Å². The highest BCUT2D eigenvalue weighted by Gasteiger charge is 2.07. The minimum Gasteiger partial charge on any atom is -0.497 e. The third kappa shape index (κ3) is 3.33. The lowest BCUT2D eigenvalue weighted by Gasteiger charge is -2.17. The fourth-order valence-corrected chi connectivity index (χ4v) is 1.70. The predicted octanol–water partition coefficient (Wildman–Crippen LogP) is 3.30. The van der Waals surface area contributed by atoms with Crippen molar-refractivity contribution in [1.29, 1.82) is 0 Å². The zero-order valence-electron chi connectivity index (χ0n) is 10.5. The Morgan fingerprint density at radius 3 is 2.56 bits per heavy atom. The summed E-state index contributed by atoms with van der Waals surface area (Å²) in [7, 11) is 3.35. The molecule has 0 heterocycles. The lowest BCUT2D eigenvalue weighted by molar-refractivity contribution is 0.404. The Morgan fingerprint density at radius 2 is 2.00 bits per heavy atom. The molecular formula is C13H21NO2. The zero-order valence-corrected chi connectivity index (χ0v) is 10.5. The molecule has 0 aliphatic rings. The van der Waals surface area contributed by atoms with E-state index in [0.717, 1.165) is 23.6 Å². The summed E-state index contributed by atoms with van der Waals surface area (Å²) in [5.74, 6) is 1.69. The summed E-state index contributed by atoms with van der Waals surface area (Å²) in [6.07, 6.45) is 2.31. The molecule has 0 radical (unpaired) electrons. The number of nitrogens with one attached hydrogen (secondary N) is 1. The first kappa shape index (κ1) is 12.7. The molecule has 0 bridgehead atoms. The fourth-order valence-electron chi connectivity index (χ4n) is 1.70. The van der Waals surface area contributed by atoms with Gasteiger partial charge in [0.05, 0.1) is 19.9 Å². The van der Waals surface area contributed by atoms with E-state index < -0.39 is 0 Å². The number of anilines is 1. The van der Waals surface area contributed by atoms with E-state index in [1.165, 1.54) is 6.42 Å². The van der Waals surface area contributed by atoms with Crippen LogP contribution < -0.4 is 14.8 Å². The first-order chi connectivity index (χ1) is 7.71. The Kier molecular flexibility index (Phi) is 4.96. The van der Waals surface area contributed by atoms with Gasteiger partial charge in [0.1, 0.15) is 11.5 Å². The van der Waals surface area contributed by atoms with Crippen molar-refractivity contribution in [3.8, 4) is 11.5 Å². The summed E-state index contributed by atoms with van der Waals surface area (Å²) in [4.78, 5) is 0. The molecule has 90 valence electrons. The van der Waals surface area contributed by atoms with E-state index in [1.807, 2.05) is 18.2 Å². The van der Waals surface area contributed by atoms with Crippen molar-refractivity contribution < 1.29 is 9.47 Å². The van der Waals surface area contributed by atoms with Crippen LogP contribution in [0.2, 0.25) is 0 Å². The van der Waals surface area contributed by atoms with Crippen LogP contribution in [0.1, 0.15) is 26.7 Å².